The fourth-order valence-electron chi connectivity index (χ4n) is 9.33. The molecule has 0 bridgehead atoms. The molecule has 4 aromatic carbocycles. The summed E-state index contributed by atoms with van der Waals surface area (Å²) in [5.41, 5.74) is 25.0. The van der Waals surface area contributed by atoms with Crippen molar-refractivity contribution >= 4 is 11.4 Å². The zero-order chi connectivity index (χ0) is 35.5. The molecule has 4 aromatic rings. The van der Waals surface area contributed by atoms with Gasteiger partial charge in [-0.05, 0) is 120 Å². The molecule has 1 saturated carbocycles. The molecule has 1 aliphatic rings. The lowest BCUT2D eigenvalue weighted by Crippen LogP contribution is -2.19. The van der Waals surface area contributed by atoms with Crippen molar-refractivity contribution in [2.75, 3.05) is 11.5 Å². The average molecular weight is 671 g/mol. The predicted molar refractivity (Wildman–Crippen MR) is 218 cm³/mol. The third-order valence-electron chi connectivity index (χ3n) is 12.2. The van der Waals surface area contributed by atoms with Gasteiger partial charge in [0.15, 0.2) is 0 Å². The first-order chi connectivity index (χ1) is 24.3. The molecule has 2 nitrogen and oxygen atoms in total. The molecule has 0 amide bonds. The van der Waals surface area contributed by atoms with Crippen LogP contribution in [0, 0.1) is 25.7 Å². The first-order valence-corrected chi connectivity index (χ1v) is 20.2. The minimum Gasteiger partial charge on any atom is -0.399 e. The van der Waals surface area contributed by atoms with Crippen molar-refractivity contribution in [2.45, 2.75) is 142 Å². The number of aryl methyl sites for hydroxylation is 2. The van der Waals surface area contributed by atoms with Gasteiger partial charge >= 0.3 is 0 Å². The summed E-state index contributed by atoms with van der Waals surface area (Å²) in [5.74, 6) is 2.92. The Morgan fingerprint density at radius 1 is 0.520 bits per heavy atom. The first-order valence-electron chi connectivity index (χ1n) is 20.2. The second-order valence-corrected chi connectivity index (χ2v) is 15.6. The van der Waals surface area contributed by atoms with Gasteiger partial charge in [-0.1, -0.05) is 146 Å². The quantitative estimate of drug-likeness (QED) is 0.0867. The summed E-state index contributed by atoms with van der Waals surface area (Å²) in [4.78, 5) is 0. The summed E-state index contributed by atoms with van der Waals surface area (Å²) in [5, 5.41) is 0. The summed E-state index contributed by atoms with van der Waals surface area (Å²) < 4.78 is 0. The lowest BCUT2D eigenvalue weighted by molar-refractivity contribution is 0.214. The van der Waals surface area contributed by atoms with Crippen LogP contribution in [0.4, 0.5) is 11.4 Å². The Labute approximate surface area is 305 Å². The Kier molecular flexibility index (Phi) is 14.1. The van der Waals surface area contributed by atoms with Gasteiger partial charge in [0.1, 0.15) is 0 Å². The summed E-state index contributed by atoms with van der Waals surface area (Å²) >= 11 is 0. The zero-order valence-corrected chi connectivity index (χ0v) is 32.0. The zero-order valence-electron chi connectivity index (χ0n) is 32.0. The highest BCUT2D eigenvalue weighted by molar-refractivity contribution is 5.49. The van der Waals surface area contributed by atoms with Gasteiger partial charge in [-0.15, -0.1) is 0 Å². The normalized spacial score (nSPS) is 16.2. The second-order valence-electron chi connectivity index (χ2n) is 15.6. The van der Waals surface area contributed by atoms with Crippen molar-refractivity contribution in [1.82, 2.24) is 0 Å². The fraction of sp³-hybridized carbons (Fsp3) is 0.500. The Bertz CT molecular complexity index is 1490. The minimum absolute atomic E-state index is 0.379. The molecule has 1 aliphatic carbocycles. The predicted octanol–water partition coefficient (Wildman–Crippen LogP) is 13.6. The molecule has 5 rings (SSSR count). The molecular formula is C48H66N2. The summed E-state index contributed by atoms with van der Waals surface area (Å²) in [6.45, 7) is 11.3. The van der Waals surface area contributed by atoms with Crippen LogP contribution < -0.4 is 11.5 Å². The van der Waals surface area contributed by atoms with Gasteiger partial charge in [0.25, 0.3) is 0 Å². The van der Waals surface area contributed by atoms with Gasteiger partial charge in [-0.25, -0.2) is 0 Å². The molecule has 3 unspecified atom stereocenters. The van der Waals surface area contributed by atoms with Crippen LogP contribution in [-0.4, -0.2) is 0 Å². The lowest BCUT2D eigenvalue weighted by Gasteiger charge is -2.32. The van der Waals surface area contributed by atoms with Crippen LogP contribution in [-0.2, 0) is 0 Å². The van der Waals surface area contributed by atoms with Crippen molar-refractivity contribution in [3.8, 4) is 0 Å². The van der Waals surface area contributed by atoms with Gasteiger partial charge in [-0.3, -0.25) is 0 Å². The molecular weight excluding hydrogens is 605 g/mol. The van der Waals surface area contributed by atoms with E-state index >= 15 is 0 Å². The van der Waals surface area contributed by atoms with E-state index in [1.807, 2.05) is 0 Å². The maximum atomic E-state index is 6.12. The number of anilines is 2. The van der Waals surface area contributed by atoms with Crippen molar-refractivity contribution < 1.29 is 0 Å². The third-order valence-corrected chi connectivity index (χ3v) is 12.2. The van der Waals surface area contributed by atoms with Gasteiger partial charge in [0.05, 0.1) is 0 Å². The first kappa shape index (κ1) is 37.7. The van der Waals surface area contributed by atoms with Gasteiger partial charge in [0, 0.05) is 29.1 Å². The second kappa shape index (κ2) is 18.6. The van der Waals surface area contributed by atoms with Crippen LogP contribution in [0.5, 0.6) is 0 Å². The van der Waals surface area contributed by atoms with Crippen LogP contribution >= 0.6 is 0 Å². The number of benzene rings is 4. The van der Waals surface area contributed by atoms with Crippen LogP contribution in [0.2, 0.25) is 0 Å². The number of rotatable bonds is 17. The molecule has 1 fully saturated rings. The van der Waals surface area contributed by atoms with Crippen molar-refractivity contribution in [3.05, 3.63) is 129 Å². The molecule has 0 aromatic heterocycles. The van der Waals surface area contributed by atoms with E-state index in [4.69, 9.17) is 11.5 Å². The van der Waals surface area contributed by atoms with Crippen LogP contribution in [0.25, 0.3) is 0 Å². The van der Waals surface area contributed by atoms with E-state index in [1.54, 1.807) is 0 Å². The van der Waals surface area contributed by atoms with E-state index in [9.17, 15) is 0 Å². The molecule has 268 valence electrons. The molecule has 0 spiro atoms. The largest absolute Gasteiger partial charge is 0.399 e. The Morgan fingerprint density at radius 3 is 1.40 bits per heavy atom. The SMILES string of the molecule is CCCCCCC(CCC(c1ccc(C(CC)c2ccc(N)cc2C)cc1)c1ccc(C(CC)c2ccc(N)cc2C)cc1)C1CCCCC1. The summed E-state index contributed by atoms with van der Waals surface area (Å²) in [6, 6.07) is 32.3. The highest BCUT2D eigenvalue weighted by Crippen LogP contribution is 2.41. The number of hydrogen-bond acceptors (Lipinski definition) is 2. The number of nitrogens with two attached hydrogens (primary N) is 2. The van der Waals surface area contributed by atoms with E-state index in [0.717, 1.165) is 36.1 Å². The molecule has 50 heavy (non-hydrogen) atoms. The lowest BCUT2D eigenvalue weighted by atomic mass is 9.73. The topological polar surface area (TPSA) is 52.0 Å². The van der Waals surface area contributed by atoms with Crippen LogP contribution in [0.15, 0.2) is 84.9 Å². The molecule has 4 N–H and O–H groups in total. The van der Waals surface area contributed by atoms with Gasteiger partial charge in [0.2, 0.25) is 0 Å². The molecule has 0 saturated heterocycles. The standard InChI is InChI=1S/C48H66N2/c1-6-9-10-12-17-37(36-15-13-11-14-16-36)26-29-48(40-22-18-38(19-23-40)44(7-2)46-30-27-42(49)32-34(46)4)41-24-20-39(21-25-41)45(8-3)47-31-28-43(50)33-35(47)5/h18-25,27-28,30-33,36-37,44-45,48H,6-17,26,29,49-50H2,1-5H3. The molecule has 0 radical (unpaired) electrons. The maximum Gasteiger partial charge on any atom is 0.0316 e. The van der Waals surface area contributed by atoms with Crippen molar-refractivity contribution in [3.63, 3.8) is 0 Å². The smallest absolute Gasteiger partial charge is 0.0316 e. The molecule has 0 heterocycles. The van der Waals surface area contributed by atoms with E-state index in [-0.39, 0.29) is 0 Å². The monoisotopic (exact) mass is 671 g/mol. The van der Waals surface area contributed by atoms with Crippen LogP contribution in [0.3, 0.4) is 0 Å². The van der Waals surface area contributed by atoms with Crippen LogP contribution in [0.1, 0.15) is 173 Å². The maximum absolute atomic E-state index is 6.12. The van der Waals surface area contributed by atoms with Gasteiger partial charge in [-0.2, -0.15) is 0 Å². The number of nitrogen functional groups attached to an aromatic ring is 2. The fourth-order valence-corrected chi connectivity index (χ4v) is 9.33. The highest BCUT2D eigenvalue weighted by atomic mass is 14.5. The summed E-state index contributed by atoms with van der Waals surface area (Å²) in [7, 11) is 0. The minimum atomic E-state index is 0.379. The van der Waals surface area contributed by atoms with Gasteiger partial charge < -0.3 is 11.5 Å². The number of unbranched alkanes of at least 4 members (excludes halogenated alkanes) is 3. The Morgan fingerprint density at radius 2 is 0.980 bits per heavy atom. The van der Waals surface area contributed by atoms with E-state index in [0.29, 0.717) is 17.8 Å². The van der Waals surface area contributed by atoms with E-state index in [2.05, 4.69) is 120 Å². The third kappa shape index (κ3) is 9.62. The molecule has 0 aliphatic heterocycles. The molecule has 2 heteroatoms. The highest BCUT2D eigenvalue weighted by Gasteiger charge is 2.26. The van der Waals surface area contributed by atoms with Crippen molar-refractivity contribution in [1.29, 1.82) is 0 Å². The summed E-state index contributed by atoms with van der Waals surface area (Å²) in [6.07, 6.45) is 18.8. The Hall–Kier alpha value is -3.52. The van der Waals surface area contributed by atoms with Crippen molar-refractivity contribution in [2.24, 2.45) is 11.8 Å². The Balaban J connectivity index is 1.44. The molecule has 3 atom stereocenters. The van der Waals surface area contributed by atoms with E-state index < -0.39 is 0 Å². The van der Waals surface area contributed by atoms with E-state index in [1.165, 1.54) is 122 Å². The average Bonchev–Trinajstić information content (AvgIpc) is 3.13. The number of hydrogen-bond donors (Lipinski definition) is 2.